The SMILES string of the molecule is OC1CCN(c2cc(N3CCNCC3)cc(Nc3cc(F)c(Cl)cn3)n2)C1. The standard InChI is InChI=1S/C18H22ClFN6O/c19-14-10-22-16(9-15(14)20)23-17-7-12(25-5-2-21-3-6-25)8-18(24-17)26-4-1-13(27)11-26/h7-10,13,21,27H,1-6,11H2,(H,22,23,24). The number of β-amino-alcohol motifs (C(OH)–C–C–N with tert-alkyl or cyclic N) is 1. The van der Waals surface area contributed by atoms with Gasteiger partial charge >= 0.3 is 0 Å². The molecule has 0 bridgehead atoms. The number of hydrogen-bond acceptors (Lipinski definition) is 7. The Balaban J connectivity index is 1.65. The Morgan fingerprint density at radius 3 is 2.67 bits per heavy atom. The number of anilines is 4. The molecule has 0 aromatic carbocycles. The minimum atomic E-state index is -0.532. The lowest BCUT2D eigenvalue weighted by Crippen LogP contribution is -2.43. The van der Waals surface area contributed by atoms with E-state index >= 15 is 0 Å². The maximum Gasteiger partial charge on any atom is 0.147 e. The van der Waals surface area contributed by atoms with Gasteiger partial charge in [-0.15, -0.1) is 0 Å². The molecule has 2 aliphatic rings. The van der Waals surface area contributed by atoms with Crippen LogP contribution in [0.3, 0.4) is 0 Å². The second-order valence-corrected chi connectivity index (χ2v) is 7.21. The van der Waals surface area contributed by atoms with Crippen LogP contribution in [-0.2, 0) is 0 Å². The van der Waals surface area contributed by atoms with Crippen molar-refractivity contribution in [1.29, 1.82) is 0 Å². The van der Waals surface area contributed by atoms with E-state index in [9.17, 15) is 9.50 Å². The van der Waals surface area contributed by atoms with E-state index in [0.29, 0.717) is 18.2 Å². The number of aliphatic hydroxyl groups is 1. The molecule has 3 N–H and O–H groups in total. The van der Waals surface area contributed by atoms with Crippen LogP contribution in [0.1, 0.15) is 6.42 Å². The van der Waals surface area contributed by atoms with E-state index in [1.807, 2.05) is 12.1 Å². The zero-order valence-corrected chi connectivity index (χ0v) is 15.6. The Kier molecular flexibility index (Phi) is 5.29. The zero-order chi connectivity index (χ0) is 18.8. The summed E-state index contributed by atoms with van der Waals surface area (Å²) < 4.78 is 13.7. The number of halogens is 2. The third-order valence-corrected chi connectivity index (χ3v) is 5.11. The van der Waals surface area contributed by atoms with Gasteiger partial charge in [0.1, 0.15) is 23.3 Å². The van der Waals surface area contributed by atoms with Crippen molar-refractivity contribution in [2.75, 3.05) is 54.4 Å². The topological polar surface area (TPSA) is 76.6 Å². The second-order valence-electron chi connectivity index (χ2n) is 6.80. The van der Waals surface area contributed by atoms with Crippen LogP contribution in [0.2, 0.25) is 5.02 Å². The van der Waals surface area contributed by atoms with Crippen molar-refractivity contribution in [2.24, 2.45) is 0 Å². The van der Waals surface area contributed by atoms with Gasteiger partial charge in [0.05, 0.1) is 17.3 Å². The average molecular weight is 393 g/mol. The predicted molar refractivity (Wildman–Crippen MR) is 105 cm³/mol. The van der Waals surface area contributed by atoms with E-state index in [1.54, 1.807) is 0 Å². The van der Waals surface area contributed by atoms with Gasteiger partial charge in [0.15, 0.2) is 0 Å². The molecular weight excluding hydrogens is 371 g/mol. The maximum absolute atomic E-state index is 13.7. The molecule has 2 aromatic rings. The molecule has 0 saturated carbocycles. The summed E-state index contributed by atoms with van der Waals surface area (Å²) in [6.07, 6.45) is 1.67. The summed E-state index contributed by atoms with van der Waals surface area (Å²) in [5, 5.41) is 16.3. The molecule has 0 radical (unpaired) electrons. The van der Waals surface area contributed by atoms with Gasteiger partial charge in [0.2, 0.25) is 0 Å². The number of nitrogens with one attached hydrogen (secondary N) is 2. The first-order valence-electron chi connectivity index (χ1n) is 9.07. The highest BCUT2D eigenvalue weighted by Crippen LogP contribution is 2.29. The predicted octanol–water partition coefficient (Wildman–Crippen LogP) is 1.99. The van der Waals surface area contributed by atoms with Crippen molar-refractivity contribution in [3.05, 3.63) is 35.2 Å². The van der Waals surface area contributed by atoms with E-state index in [2.05, 4.69) is 30.4 Å². The molecule has 144 valence electrons. The molecule has 1 unspecified atom stereocenters. The van der Waals surface area contributed by atoms with Gasteiger partial charge in [-0.05, 0) is 6.42 Å². The van der Waals surface area contributed by atoms with Crippen molar-refractivity contribution < 1.29 is 9.50 Å². The Labute approximate surface area is 162 Å². The molecule has 4 rings (SSSR count). The van der Waals surface area contributed by atoms with E-state index < -0.39 is 5.82 Å². The first kappa shape index (κ1) is 18.2. The molecule has 4 heterocycles. The number of rotatable bonds is 4. The summed E-state index contributed by atoms with van der Waals surface area (Å²) in [5.74, 6) is 1.18. The van der Waals surface area contributed by atoms with E-state index in [-0.39, 0.29) is 11.1 Å². The molecule has 7 nitrogen and oxygen atoms in total. The van der Waals surface area contributed by atoms with Gasteiger partial charge in [-0.25, -0.2) is 14.4 Å². The summed E-state index contributed by atoms with van der Waals surface area (Å²) >= 11 is 5.71. The fourth-order valence-electron chi connectivity index (χ4n) is 3.40. The van der Waals surface area contributed by atoms with Crippen LogP contribution in [0, 0.1) is 5.82 Å². The quantitative estimate of drug-likeness (QED) is 0.734. The summed E-state index contributed by atoms with van der Waals surface area (Å²) in [4.78, 5) is 13.1. The summed E-state index contributed by atoms with van der Waals surface area (Å²) in [6, 6.07) is 5.24. The van der Waals surface area contributed by atoms with E-state index in [0.717, 1.165) is 50.6 Å². The number of hydrogen-bond donors (Lipinski definition) is 3. The number of pyridine rings is 2. The lowest BCUT2D eigenvalue weighted by molar-refractivity contribution is 0.198. The van der Waals surface area contributed by atoms with Crippen LogP contribution in [0.15, 0.2) is 24.4 Å². The number of nitrogens with zero attached hydrogens (tertiary/aromatic N) is 4. The fourth-order valence-corrected chi connectivity index (χ4v) is 3.50. The molecule has 1 atom stereocenters. The molecule has 27 heavy (non-hydrogen) atoms. The smallest absolute Gasteiger partial charge is 0.147 e. The highest BCUT2D eigenvalue weighted by molar-refractivity contribution is 6.30. The number of aliphatic hydroxyl groups excluding tert-OH is 1. The normalized spacial score (nSPS) is 20.2. The van der Waals surface area contributed by atoms with Crippen LogP contribution in [0.25, 0.3) is 0 Å². The largest absolute Gasteiger partial charge is 0.391 e. The monoisotopic (exact) mass is 392 g/mol. The van der Waals surface area contributed by atoms with Gasteiger partial charge in [-0.2, -0.15) is 0 Å². The maximum atomic E-state index is 13.7. The lowest BCUT2D eigenvalue weighted by Gasteiger charge is -2.30. The van der Waals surface area contributed by atoms with Crippen molar-refractivity contribution in [1.82, 2.24) is 15.3 Å². The van der Waals surface area contributed by atoms with Crippen molar-refractivity contribution in [3.63, 3.8) is 0 Å². The molecule has 2 aromatic heterocycles. The zero-order valence-electron chi connectivity index (χ0n) is 14.8. The molecule has 0 amide bonds. The third kappa shape index (κ3) is 4.23. The van der Waals surface area contributed by atoms with Crippen LogP contribution in [0.4, 0.5) is 27.5 Å². The van der Waals surface area contributed by atoms with Crippen molar-refractivity contribution in [2.45, 2.75) is 12.5 Å². The van der Waals surface area contributed by atoms with Crippen LogP contribution in [-0.4, -0.2) is 60.4 Å². The number of piperazine rings is 1. The molecular formula is C18H22ClFN6O. The molecule has 0 aliphatic carbocycles. The van der Waals surface area contributed by atoms with Crippen molar-refractivity contribution in [3.8, 4) is 0 Å². The van der Waals surface area contributed by atoms with Gasteiger partial charge in [-0.1, -0.05) is 11.6 Å². The molecule has 2 fully saturated rings. The van der Waals surface area contributed by atoms with E-state index in [4.69, 9.17) is 11.6 Å². The van der Waals surface area contributed by atoms with Gasteiger partial charge in [-0.3, -0.25) is 0 Å². The number of aromatic nitrogens is 2. The molecule has 2 aliphatic heterocycles. The van der Waals surface area contributed by atoms with Crippen LogP contribution in [0.5, 0.6) is 0 Å². The van der Waals surface area contributed by atoms with Gasteiger partial charge in [0, 0.05) is 63.2 Å². The minimum absolute atomic E-state index is 0.0187. The summed E-state index contributed by atoms with van der Waals surface area (Å²) in [7, 11) is 0. The highest BCUT2D eigenvalue weighted by Gasteiger charge is 2.23. The molecule has 0 spiro atoms. The fraction of sp³-hybridized carbons (Fsp3) is 0.444. The summed E-state index contributed by atoms with van der Waals surface area (Å²) in [6.45, 7) is 4.97. The Hall–Kier alpha value is -2.16. The van der Waals surface area contributed by atoms with Crippen LogP contribution >= 0.6 is 11.6 Å². The third-order valence-electron chi connectivity index (χ3n) is 4.83. The molecule has 9 heteroatoms. The first-order chi connectivity index (χ1) is 13.1. The minimum Gasteiger partial charge on any atom is -0.391 e. The Morgan fingerprint density at radius 1 is 1.15 bits per heavy atom. The first-order valence-corrected chi connectivity index (χ1v) is 9.45. The second kappa shape index (κ2) is 7.84. The Bertz CT molecular complexity index is 793. The molecule has 2 saturated heterocycles. The van der Waals surface area contributed by atoms with E-state index in [1.165, 1.54) is 12.3 Å². The van der Waals surface area contributed by atoms with Gasteiger partial charge in [0.25, 0.3) is 0 Å². The van der Waals surface area contributed by atoms with Crippen LogP contribution < -0.4 is 20.4 Å². The average Bonchev–Trinajstić information content (AvgIpc) is 3.12. The summed E-state index contributed by atoms with van der Waals surface area (Å²) in [5.41, 5.74) is 1.04. The lowest BCUT2D eigenvalue weighted by atomic mass is 10.2. The Morgan fingerprint density at radius 2 is 1.96 bits per heavy atom. The highest BCUT2D eigenvalue weighted by atomic mass is 35.5. The van der Waals surface area contributed by atoms with Crippen molar-refractivity contribution >= 4 is 34.7 Å². The van der Waals surface area contributed by atoms with Gasteiger partial charge < -0.3 is 25.5 Å².